The van der Waals surface area contributed by atoms with E-state index in [9.17, 15) is 4.79 Å². The van der Waals surface area contributed by atoms with Crippen LogP contribution in [-0.2, 0) is 4.79 Å². The average molecular weight is 307 g/mol. The molecular weight excluding hydrogens is 268 g/mol. The summed E-state index contributed by atoms with van der Waals surface area (Å²) in [6, 6.07) is 0. The maximum absolute atomic E-state index is 10.1. The first-order valence-corrected chi connectivity index (χ1v) is 9.00. The van der Waals surface area contributed by atoms with Crippen molar-refractivity contribution in [3.8, 4) is 0 Å². The molecule has 4 unspecified atom stereocenters. The Bertz CT molecular complexity index is 349. The minimum atomic E-state index is 0.545. The Hall–Kier alpha value is -0.850. The molecular formula is C21H38O. The molecule has 0 aromatic carbocycles. The first kappa shape index (κ1) is 21.1. The summed E-state index contributed by atoms with van der Waals surface area (Å²) in [4.78, 5) is 10.1. The molecule has 0 saturated heterocycles. The zero-order valence-electron chi connectivity index (χ0n) is 15.8. The van der Waals surface area contributed by atoms with Crippen molar-refractivity contribution in [1.82, 2.24) is 0 Å². The van der Waals surface area contributed by atoms with Crippen LogP contribution in [0.1, 0.15) is 80.1 Å². The highest BCUT2D eigenvalue weighted by molar-refractivity contribution is 5.49. The fourth-order valence-electron chi connectivity index (χ4n) is 3.34. The van der Waals surface area contributed by atoms with Crippen LogP contribution in [0.5, 0.6) is 0 Å². The van der Waals surface area contributed by atoms with Crippen molar-refractivity contribution in [2.24, 2.45) is 23.7 Å². The van der Waals surface area contributed by atoms with Crippen LogP contribution in [-0.4, -0.2) is 6.29 Å². The zero-order valence-corrected chi connectivity index (χ0v) is 15.8. The molecule has 0 aliphatic heterocycles. The molecule has 1 nitrogen and oxygen atoms in total. The van der Waals surface area contributed by atoms with E-state index >= 15 is 0 Å². The SMILES string of the molecule is C=C(C)C1CCC(C)CC1C.CC(C)=CCCC(C)CC=O. The van der Waals surface area contributed by atoms with E-state index in [1.54, 1.807) is 0 Å². The third-order valence-corrected chi connectivity index (χ3v) is 4.78. The molecule has 22 heavy (non-hydrogen) atoms. The number of hydrogen-bond acceptors (Lipinski definition) is 1. The molecule has 0 spiro atoms. The van der Waals surface area contributed by atoms with Gasteiger partial charge in [0.2, 0.25) is 0 Å². The van der Waals surface area contributed by atoms with E-state index in [-0.39, 0.29) is 0 Å². The van der Waals surface area contributed by atoms with E-state index < -0.39 is 0 Å². The van der Waals surface area contributed by atoms with Gasteiger partial charge in [-0.2, -0.15) is 0 Å². The molecule has 1 aliphatic rings. The Kier molecular flexibility index (Phi) is 11.2. The van der Waals surface area contributed by atoms with Crippen molar-refractivity contribution < 1.29 is 4.79 Å². The summed E-state index contributed by atoms with van der Waals surface area (Å²) >= 11 is 0. The summed E-state index contributed by atoms with van der Waals surface area (Å²) in [5, 5.41) is 0. The van der Waals surface area contributed by atoms with E-state index in [0.717, 1.165) is 36.9 Å². The highest BCUT2D eigenvalue weighted by Gasteiger charge is 2.25. The van der Waals surface area contributed by atoms with Crippen LogP contribution >= 0.6 is 0 Å². The molecule has 1 aliphatic carbocycles. The Balaban J connectivity index is 0.000000401. The van der Waals surface area contributed by atoms with Gasteiger partial charge in [0.1, 0.15) is 6.29 Å². The van der Waals surface area contributed by atoms with Crippen LogP contribution in [0.15, 0.2) is 23.8 Å². The second kappa shape index (κ2) is 11.7. The predicted molar refractivity (Wildman–Crippen MR) is 99.0 cm³/mol. The van der Waals surface area contributed by atoms with Crippen LogP contribution in [0.25, 0.3) is 0 Å². The second-order valence-corrected chi connectivity index (χ2v) is 7.71. The minimum Gasteiger partial charge on any atom is -0.303 e. The lowest BCUT2D eigenvalue weighted by atomic mass is 9.73. The number of allylic oxidation sites excluding steroid dienone is 3. The summed E-state index contributed by atoms with van der Waals surface area (Å²) in [6.07, 6.45) is 10.4. The molecule has 1 rings (SSSR count). The van der Waals surface area contributed by atoms with Crippen LogP contribution in [0.3, 0.4) is 0 Å². The third-order valence-electron chi connectivity index (χ3n) is 4.78. The van der Waals surface area contributed by atoms with Crippen LogP contribution in [0.4, 0.5) is 0 Å². The lowest BCUT2D eigenvalue weighted by molar-refractivity contribution is -0.108. The molecule has 0 aromatic heterocycles. The summed E-state index contributed by atoms with van der Waals surface area (Å²) in [5.74, 6) is 3.17. The molecule has 0 heterocycles. The number of rotatable bonds is 6. The van der Waals surface area contributed by atoms with Gasteiger partial charge in [-0.25, -0.2) is 0 Å². The van der Waals surface area contributed by atoms with Crippen LogP contribution in [0, 0.1) is 23.7 Å². The van der Waals surface area contributed by atoms with Crippen molar-refractivity contribution in [2.75, 3.05) is 0 Å². The normalized spacial score (nSPS) is 25.5. The summed E-state index contributed by atoms with van der Waals surface area (Å²) in [5.41, 5.74) is 2.76. The molecule has 1 fully saturated rings. The predicted octanol–water partition coefficient (Wildman–Crippen LogP) is 6.59. The van der Waals surface area contributed by atoms with Crippen LogP contribution < -0.4 is 0 Å². The summed E-state index contributed by atoms with van der Waals surface area (Å²) in [6.45, 7) is 17.3. The van der Waals surface area contributed by atoms with E-state index in [1.807, 2.05) is 0 Å². The molecule has 0 bridgehead atoms. The third kappa shape index (κ3) is 9.97. The van der Waals surface area contributed by atoms with Gasteiger partial charge in [-0.1, -0.05) is 51.0 Å². The first-order valence-electron chi connectivity index (χ1n) is 9.00. The smallest absolute Gasteiger partial charge is 0.120 e. The zero-order chi connectivity index (χ0) is 17.1. The highest BCUT2D eigenvalue weighted by atomic mass is 16.1. The molecule has 0 amide bonds. The van der Waals surface area contributed by atoms with Gasteiger partial charge in [0.25, 0.3) is 0 Å². The topological polar surface area (TPSA) is 17.1 Å². The molecule has 0 N–H and O–H groups in total. The molecule has 0 radical (unpaired) electrons. The van der Waals surface area contributed by atoms with Gasteiger partial charge in [0, 0.05) is 6.42 Å². The van der Waals surface area contributed by atoms with Gasteiger partial charge in [-0.15, -0.1) is 0 Å². The maximum Gasteiger partial charge on any atom is 0.120 e. The Morgan fingerprint density at radius 1 is 1.23 bits per heavy atom. The van der Waals surface area contributed by atoms with Crippen molar-refractivity contribution in [3.63, 3.8) is 0 Å². The fourth-order valence-corrected chi connectivity index (χ4v) is 3.34. The van der Waals surface area contributed by atoms with Gasteiger partial charge >= 0.3 is 0 Å². The van der Waals surface area contributed by atoms with Crippen LogP contribution in [0.2, 0.25) is 0 Å². The quantitative estimate of drug-likeness (QED) is 0.399. The Morgan fingerprint density at radius 2 is 1.86 bits per heavy atom. The van der Waals surface area contributed by atoms with E-state index in [2.05, 4.69) is 54.2 Å². The maximum atomic E-state index is 10.1. The van der Waals surface area contributed by atoms with Crippen molar-refractivity contribution in [1.29, 1.82) is 0 Å². The van der Waals surface area contributed by atoms with Gasteiger partial charge in [-0.05, 0) is 70.1 Å². The van der Waals surface area contributed by atoms with Gasteiger partial charge in [0.05, 0.1) is 0 Å². The standard InChI is InChI=1S/C11H20.C10H18O/c1-8(2)11-6-5-9(3)7-10(11)4;1-9(2)5-4-6-10(3)7-8-11/h9-11H,1,5-7H2,2-4H3;5,8,10H,4,6-7H2,1-3H3. The van der Waals surface area contributed by atoms with Crippen molar-refractivity contribution in [2.45, 2.75) is 80.1 Å². The summed E-state index contributed by atoms with van der Waals surface area (Å²) < 4.78 is 0. The molecule has 4 atom stereocenters. The lowest BCUT2D eigenvalue weighted by Gasteiger charge is -2.32. The summed E-state index contributed by atoms with van der Waals surface area (Å²) in [7, 11) is 0. The van der Waals surface area contributed by atoms with Gasteiger partial charge < -0.3 is 4.79 Å². The average Bonchev–Trinajstić information content (AvgIpc) is 2.38. The van der Waals surface area contributed by atoms with E-state index in [0.29, 0.717) is 12.3 Å². The highest BCUT2D eigenvalue weighted by Crippen LogP contribution is 2.36. The number of aldehydes is 1. The molecule has 0 aromatic rings. The lowest BCUT2D eigenvalue weighted by Crippen LogP contribution is -2.21. The number of carbonyl (C=O) groups is 1. The van der Waals surface area contributed by atoms with Gasteiger partial charge in [-0.3, -0.25) is 0 Å². The van der Waals surface area contributed by atoms with Gasteiger partial charge in [0.15, 0.2) is 0 Å². The minimum absolute atomic E-state index is 0.545. The van der Waals surface area contributed by atoms with Crippen molar-refractivity contribution in [3.05, 3.63) is 23.8 Å². The van der Waals surface area contributed by atoms with Crippen molar-refractivity contribution >= 4 is 6.29 Å². The number of hydrogen-bond donors (Lipinski definition) is 0. The van der Waals surface area contributed by atoms with E-state index in [4.69, 9.17) is 0 Å². The Labute approximate surface area is 139 Å². The van der Waals surface area contributed by atoms with E-state index in [1.165, 1.54) is 30.4 Å². The molecule has 1 heteroatoms. The molecule has 128 valence electrons. The monoisotopic (exact) mass is 306 g/mol. The largest absolute Gasteiger partial charge is 0.303 e. The molecule has 1 saturated carbocycles. The fraction of sp³-hybridized carbons (Fsp3) is 0.762. The Morgan fingerprint density at radius 3 is 2.32 bits per heavy atom. The first-order chi connectivity index (χ1) is 10.3. The second-order valence-electron chi connectivity index (χ2n) is 7.71. The number of carbonyl (C=O) groups excluding carboxylic acids is 1.